The largest absolute Gasteiger partial charge is 0.516 e. The summed E-state index contributed by atoms with van der Waals surface area (Å²) in [6.45, 7) is 1.72. The lowest BCUT2D eigenvalue weighted by Crippen LogP contribution is -2.30. The van der Waals surface area contributed by atoms with Gasteiger partial charge in [0, 0.05) is 10.6 Å². The van der Waals surface area contributed by atoms with E-state index >= 15 is 0 Å². The van der Waals surface area contributed by atoms with Crippen LogP contribution in [0.5, 0.6) is 0 Å². The van der Waals surface area contributed by atoms with Crippen LogP contribution in [0, 0.1) is 0 Å². The smallest absolute Gasteiger partial charge is 0.388 e. The molecule has 10 heteroatoms. The van der Waals surface area contributed by atoms with Crippen LogP contribution in [-0.2, 0) is 14.9 Å². The first-order valence-electron chi connectivity index (χ1n) is 7.92. The van der Waals surface area contributed by atoms with Crippen molar-refractivity contribution in [3.63, 3.8) is 0 Å². The average Bonchev–Trinajstić information content (AvgIpc) is 2.57. The van der Waals surface area contributed by atoms with Gasteiger partial charge in [0.1, 0.15) is 6.10 Å². The Balaban J connectivity index is 2.35. The summed E-state index contributed by atoms with van der Waals surface area (Å²) in [5.74, 6) is 0. The van der Waals surface area contributed by atoms with E-state index in [2.05, 4.69) is 5.16 Å². The zero-order valence-electron chi connectivity index (χ0n) is 13.9. The molecule has 1 atom stereocenters. The van der Waals surface area contributed by atoms with Crippen molar-refractivity contribution in [3.8, 4) is 0 Å². The number of allylic oxidation sites excluding steroid dienone is 1. The van der Waals surface area contributed by atoms with Crippen LogP contribution in [-0.4, -0.2) is 25.7 Å². The van der Waals surface area contributed by atoms with Gasteiger partial charge in [-0.15, -0.1) is 0 Å². The number of nitrogens with one attached hydrogen (secondary N) is 1. The van der Waals surface area contributed by atoms with E-state index in [-0.39, 0.29) is 28.1 Å². The minimum atomic E-state index is -5.56. The minimum absolute atomic E-state index is 0.132. The second-order valence-electron chi connectivity index (χ2n) is 5.64. The fourth-order valence-electron chi connectivity index (χ4n) is 2.35. The number of alkyl halides is 3. The zero-order valence-corrected chi connectivity index (χ0v) is 15.5. The second kappa shape index (κ2) is 8.30. The molecule has 0 heterocycles. The van der Waals surface area contributed by atoms with Gasteiger partial charge in [-0.25, -0.2) is 0 Å². The summed E-state index contributed by atoms with van der Waals surface area (Å²) in [4.78, 5) is 5.44. The van der Waals surface area contributed by atoms with Crippen molar-refractivity contribution in [1.82, 2.24) is 0 Å². The van der Waals surface area contributed by atoms with Crippen LogP contribution >= 0.6 is 11.6 Å². The van der Waals surface area contributed by atoms with Crippen molar-refractivity contribution >= 4 is 33.0 Å². The molecule has 26 heavy (non-hydrogen) atoms. The average molecular weight is 411 g/mol. The fourth-order valence-corrected chi connectivity index (χ4v) is 3.11. The van der Waals surface area contributed by atoms with Gasteiger partial charge in [-0.1, -0.05) is 29.8 Å². The van der Waals surface area contributed by atoms with Crippen LogP contribution in [0.1, 0.15) is 38.2 Å². The quantitative estimate of drug-likeness (QED) is 0.414. The monoisotopic (exact) mass is 410 g/mol. The number of anilines is 1. The van der Waals surface area contributed by atoms with E-state index in [0.717, 1.165) is 25.3 Å². The zero-order chi connectivity index (χ0) is 19.4. The Labute approximate surface area is 154 Å². The van der Waals surface area contributed by atoms with Gasteiger partial charge in [0.25, 0.3) is 0 Å². The molecule has 5 nitrogen and oxygen atoms in total. The molecule has 0 bridgehead atoms. The van der Waals surface area contributed by atoms with Crippen molar-refractivity contribution in [2.45, 2.75) is 44.2 Å². The first-order valence-corrected chi connectivity index (χ1v) is 9.78. The molecule has 1 aromatic rings. The summed E-state index contributed by atoms with van der Waals surface area (Å²) in [5.41, 5.74) is -5.29. The van der Waals surface area contributed by atoms with E-state index in [9.17, 15) is 21.6 Å². The molecule has 0 spiro atoms. The normalized spacial score (nSPS) is 18.7. The first kappa shape index (κ1) is 20.6. The van der Waals surface area contributed by atoms with E-state index in [1.807, 2.05) is 12.2 Å². The third-order valence-electron chi connectivity index (χ3n) is 3.68. The van der Waals surface area contributed by atoms with E-state index in [4.69, 9.17) is 16.4 Å². The highest BCUT2D eigenvalue weighted by atomic mass is 35.5. The summed E-state index contributed by atoms with van der Waals surface area (Å²) in [6.07, 6.45) is 6.61. The van der Waals surface area contributed by atoms with Crippen molar-refractivity contribution in [2.75, 3.05) is 4.72 Å². The lowest BCUT2D eigenvalue weighted by Gasteiger charge is -2.17. The topological polar surface area (TPSA) is 67.8 Å². The predicted octanol–water partition coefficient (Wildman–Crippen LogP) is 4.84. The number of sulfonamides is 1. The third kappa shape index (κ3) is 5.14. The molecule has 0 fully saturated rings. The fraction of sp³-hybridized carbons (Fsp3) is 0.438. The predicted molar refractivity (Wildman–Crippen MR) is 94.7 cm³/mol. The standard InChI is InChI=1S/C16H18ClF3N2O3S/c1-2-14(21-25-12-6-4-3-5-7-12)13-10-11(17)8-9-15(13)22-26(23,24)16(18,19)20/h4,6,8-10,12,22H,2-3,5,7H2,1H3/b21-14+. The summed E-state index contributed by atoms with van der Waals surface area (Å²) in [6, 6.07) is 3.79. The van der Waals surface area contributed by atoms with Crippen molar-refractivity contribution in [2.24, 2.45) is 5.16 Å². The molecule has 144 valence electrons. The number of hydrogen-bond donors (Lipinski definition) is 1. The molecule has 0 amide bonds. The molecular formula is C16H18ClF3N2O3S. The van der Waals surface area contributed by atoms with Crippen LogP contribution < -0.4 is 4.72 Å². The van der Waals surface area contributed by atoms with Gasteiger partial charge >= 0.3 is 15.5 Å². The number of rotatable bonds is 6. The molecule has 0 aromatic heterocycles. The van der Waals surface area contributed by atoms with Gasteiger partial charge in [-0.3, -0.25) is 4.72 Å². The van der Waals surface area contributed by atoms with Crippen molar-refractivity contribution in [3.05, 3.63) is 40.9 Å². The molecule has 1 aromatic carbocycles. The third-order valence-corrected chi connectivity index (χ3v) is 5.02. The molecule has 1 N–H and O–H groups in total. The van der Waals surface area contributed by atoms with Gasteiger partial charge in [0.05, 0.1) is 11.4 Å². The Morgan fingerprint density at radius 3 is 2.73 bits per heavy atom. The summed E-state index contributed by atoms with van der Waals surface area (Å²) >= 11 is 5.92. The molecule has 0 saturated carbocycles. The second-order valence-corrected chi connectivity index (χ2v) is 7.75. The number of nitrogens with zero attached hydrogens (tertiary/aromatic N) is 1. The summed E-state index contributed by atoms with van der Waals surface area (Å²) < 4.78 is 62.4. The van der Waals surface area contributed by atoms with E-state index in [0.29, 0.717) is 6.42 Å². The molecule has 0 saturated heterocycles. The van der Waals surface area contributed by atoms with Crippen molar-refractivity contribution < 1.29 is 26.4 Å². The van der Waals surface area contributed by atoms with E-state index < -0.39 is 15.5 Å². The maximum absolute atomic E-state index is 12.7. The Hall–Kier alpha value is -1.74. The Bertz CT molecular complexity index is 807. The van der Waals surface area contributed by atoms with E-state index in [1.54, 1.807) is 11.6 Å². The number of hydrogen-bond acceptors (Lipinski definition) is 4. The lowest BCUT2D eigenvalue weighted by molar-refractivity contribution is -0.0429. The van der Waals surface area contributed by atoms with Gasteiger partial charge in [-0.2, -0.15) is 21.6 Å². The highest BCUT2D eigenvalue weighted by molar-refractivity contribution is 7.93. The van der Waals surface area contributed by atoms with Crippen LogP contribution in [0.2, 0.25) is 5.02 Å². The SMILES string of the molecule is CC/C(=N\OC1C=CCCC1)c1cc(Cl)ccc1NS(=O)(=O)C(F)(F)F. The minimum Gasteiger partial charge on any atom is -0.388 e. The first-order chi connectivity index (χ1) is 12.1. The number of halogens is 4. The Kier molecular flexibility index (Phi) is 6.57. The Morgan fingerprint density at radius 2 is 2.15 bits per heavy atom. The van der Waals surface area contributed by atoms with Gasteiger partial charge in [0.2, 0.25) is 0 Å². The highest BCUT2D eigenvalue weighted by Gasteiger charge is 2.46. The van der Waals surface area contributed by atoms with Gasteiger partial charge < -0.3 is 4.84 Å². The molecule has 1 aliphatic carbocycles. The Morgan fingerprint density at radius 1 is 1.42 bits per heavy atom. The number of oxime groups is 1. The van der Waals surface area contributed by atoms with Gasteiger partial charge in [-0.05, 0) is 50.0 Å². The van der Waals surface area contributed by atoms with Crippen LogP contribution in [0.15, 0.2) is 35.5 Å². The van der Waals surface area contributed by atoms with Crippen LogP contribution in [0.25, 0.3) is 0 Å². The van der Waals surface area contributed by atoms with Crippen LogP contribution in [0.3, 0.4) is 0 Å². The lowest BCUT2D eigenvalue weighted by atomic mass is 10.1. The molecule has 0 radical (unpaired) electrons. The van der Waals surface area contributed by atoms with Crippen LogP contribution in [0.4, 0.5) is 18.9 Å². The highest BCUT2D eigenvalue weighted by Crippen LogP contribution is 2.29. The molecule has 1 aliphatic rings. The van der Waals surface area contributed by atoms with Crippen molar-refractivity contribution in [1.29, 1.82) is 0 Å². The van der Waals surface area contributed by atoms with Gasteiger partial charge in [0.15, 0.2) is 0 Å². The molecule has 2 rings (SSSR count). The maximum Gasteiger partial charge on any atom is 0.516 e. The molecule has 1 unspecified atom stereocenters. The number of benzene rings is 1. The maximum atomic E-state index is 12.7. The summed E-state index contributed by atoms with van der Waals surface area (Å²) in [5, 5.41) is 4.25. The summed E-state index contributed by atoms with van der Waals surface area (Å²) in [7, 11) is -5.56. The molecule has 0 aliphatic heterocycles. The van der Waals surface area contributed by atoms with E-state index in [1.165, 1.54) is 12.1 Å². The molecular weight excluding hydrogens is 393 g/mol.